The zero-order valence-electron chi connectivity index (χ0n) is 11.2. The first kappa shape index (κ1) is 15.5. The molecule has 1 N–H and O–H groups in total. The Morgan fingerprint density at radius 1 is 1.00 bits per heavy atom. The first-order chi connectivity index (χ1) is 7.54. The minimum atomic E-state index is -0.644. The standard InChI is InChI=1S/C14H28O2/c1-4-6-8-9-11-14(3,10-7-5-2)12-13(15)16/h4-12H2,1-3H3,(H,15,16). The van der Waals surface area contributed by atoms with Gasteiger partial charge in [0.15, 0.2) is 0 Å². The van der Waals surface area contributed by atoms with E-state index in [9.17, 15) is 4.79 Å². The molecule has 0 rings (SSSR count). The summed E-state index contributed by atoms with van der Waals surface area (Å²) in [6, 6.07) is 0. The average molecular weight is 228 g/mol. The highest BCUT2D eigenvalue weighted by Gasteiger charge is 2.26. The Morgan fingerprint density at radius 2 is 1.56 bits per heavy atom. The molecule has 1 unspecified atom stereocenters. The highest BCUT2D eigenvalue weighted by Crippen LogP contribution is 2.34. The Bertz CT molecular complexity index is 189. The second kappa shape index (κ2) is 8.60. The van der Waals surface area contributed by atoms with Gasteiger partial charge in [0, 0.05) is 0 Å². The van der Waals surface area contributed by atoms with Crippen LogP contribution in [0.15, 0.2) is 0 Å². The van der Waals surface area contributed by atoms with Crippen LogP contribution in [0.3, 0.4) is 0 Å². The van der Waals surface area contributed by atoms with Crippen LogP contribution in [0.5, 0.6) is 0 Å². The van der Waals surface area contributed by atoms with Gasteiger partial charge in [-0.3, -0.25) is 4.79 Å². The molecule has 0 radical (unpaired) electrons. The highest BCUT2D eigenvalue weighted by atomic mass is 16.4. The van der Waals surface area contributed by atoms with E-state index in [1.165, 1.54) is 25.7 Å². The zero-order chi connectivity index (χ0) is 12.4. The van der Waals surface area contributed by atoms with Crippen molar-refractivity contribution in [2.75, 3.05) is 0 Å². The third kappa shape index (κ3) is 7.72. The lowest BCUT2D eigenvalue weighted by Crippen LogP contribution is -2.21. The van der Waals surface area contributed by atoms with Gasteiger partial charge in [-0.2, -0.15) is 0 Å². The monoisotopic (exact) mass is 228 g/mol. The number of carbonyl (C=O) groups is 1. The van der Waals surface area contributed by atoms with E-state index in [4.69, 9.17) is 5.11 Å². The fourth-order valence-electron chi connectivity index (χ4n) is 2.25. The molecule has 0 aliphatic heterocycles. The lowest BCUT2D eigenvalue weighted by molar-refractivity contribution is -0.139. The van der Waals surface area contributed by atoms with Crippen molar-refractivity contribution >= 4 is 5.97 Å². The molecule has 0 fully saturated rings. The van der Waals surface area contributed by atoms with E-state index in [-0.39, 0.29) is 5.41 Å². The molecule has 0 aromatic carbocycles. The molecule has 0 amide bonds. The molecule has 0 heterocycles. The van der Waals surface area contributed by atoms with Crippen molar-refractivity contribution in [1.29, 1.82) is 0 Å². The average Bonchev–Trinajstić information content (AvgIpc) is 2.21. The molecule has 0 bridgehead atoms. The van der Waals surface area contributed by atoms with Crippen LogP contribution in [-0.4, -0.2) is 11.1 Å². The summed E-state index contributed by atoms with van der Waals surface area (Å²) < 4.78 is 0. The van der Waals surface area contributed by atoms with Gasteiger partial charge in [-0.1, -0.05) is 59.3 Å². The molecule has 1 atom stereocenters. The Kier molecular flexibility index (Phi) is 8.32. The topological polar surface area (TPSA) is 37.3 Å². The molecular weight excluding hydrogens is 200 g/mol. The smallest absolute Gasteiger partial charge is 0.303 e. The summed E-state index contributed by atoms with van der Waals surface area (Å²) in [4.78, 5) is 10.9. The van der Waals surface area contributed by atoms with E-state index in [0.717, 1.165) is 25.7 Å². The van der Waals surface area contributed by atoms with Gasteiger partial charge in [-0.05, 0) is 18.3 Å². The molecular formula is C14H28O2. The van der Waals surface area contributed by atoms with Gasteiger partial charge in [0.2, 0.25) is 0 Å². The maximum atomic E-state index is 10.9. The summed E-state index contributed by atoms with van der Waals surface area (Å²) in [7, 11) is 0. The van der Waals surface area contributed by atoms with Crippen LogP contribution in [-0.2, 0) is 4.79 Å². The van der Waals surface area contributed by atoms with Crippen molar-refractivity contribution in [2.24, 2.45) is 5.41 Å². The summed E-state index contributed by atoms with van der Waals surface area (Å²) in [6.07, 6.45) is 9.71. The minimum Gasteiger partial charge on any atom is -0.481 e. The molecule has 0 aliphatic carbocycles. The molecule has 0 saturated carbocycles. The minimum absolute atomic E-state index is 0.0234. The zero-order valence-corrected chi connectivity index (χ0v) is 11.2. The number of rotatable bonds is 10. The van der Waals surface area contributed by atoms with E-state index < -0.39 is 5.97 Å². The van der Waals surface area contributed by atoms with Gasteiger partial charge < -0.3 is 5.11 Å². The van der Waals surface area contributed by atoms with E-state index >= 15 is 0 Å². The van der Waals surface area contributed by atoms with Crippen molar-refractivity contribution in [2.45, 2.75) is 78.6 Å². The van der Waals surface area contributed by atoms with Crippen LogP contribution < -0.4 is 0 Å². The fourth-order valence-corrected chi connectivity index (χ4v) is 2.25. The largest absolute Gasteiger partial charge is 0.481 e. The summed E-state index contributed by atoms with van der Waals surface area (Å²) in [5.41, 5.74) is 0.0234. The number of hydrogen-bond acceptors (Lipinski definition) is 1. The van der Waals surface area contributed by atoms with Crippen LogP contribution in [0.25, 0.3) is 0 Å². The molecule has 2 heteroatoms. The number of aliphatic carboxylic acids is 1. The number of carboxylic acids is 1. The molecule has 0 aromatic heterocycles. The lowest BCUT2D eigenvalue weighted by Gasteiger charge is -2.28. The Morgan fingerprint density at radius 3 is 2.06 bits per heavy atom. The van der Waals surface area contributed by atoms with Crippen LogP contribution in [0.2, 0.25) is 0 Å². The van der Waals surface area contributed by atoms with Gasteiger partial charge in [0.25, 0.3) is 0 Å². The second-order valence-electron chi connectivity index (χ2n) is 5.30. The molecule has 0 aliphatic rings. The lowest BCUT2D eigenvalue weighted by atomic mass is 9.77. The summed E-state index contributed by atoms with van der Waals surface area (Å²) in [6.45, 7) is 6.51. The van der Waals surface area contributed by atoms with E-state index in [0.29, 0.717) is 6.42 Å². The summed E-state index contributed by atoms with van der Waals surface area (Å²) in [5.74, 6) is -0.644. The first-order valence-corrected chi connectivity index (χ1v) is 6.76. The van der Waals surface area contributed by atoms with Gasteiger partial charge in [0.1, 0.15) is 0 Å². The highest BCUT2D eigenvalue weighted by molar-refractivity contribution is 5.67. The van der Waals surface area contributed by atoms with E-state index in [2.05, 4.69) is 20.8 Å². The quantitative estimate of drug-likeness (QED) is 0.554. The van der Waals surface area contributed by atoms with Crippen LogP contribution >= 0.6 is 0 Å². The van der Waals surface area contributed by atoms with Crippen molar-refractivity contribution in [3.05, 3.63) is 0 Å². The second-order valence-corrected chi connectivity index (χ2v) is 5.30. The molecule has 0 saturated heterocycles. The van der Waals surface area contributed by atoms with Crippen molar-refractivity contribution < 1.29 is 9.90 Å². The van der Waals surface area contributed by atoms with Crippen molar-refractivity contribution in [1.82, 2.24) is 0 Å². The number of hydrogen-bond donors (Lipinski definition) is 1. The van der Waals surface area contributed by atoms with E-state index in [1.54, 1.807) is 0 Å². The van der Waals surface area contributed by atoms with Gasteiger partial charge >= 0.3 is 5.97 Å². The van der Waals surface area contributed by atoms with E-state index in [1.807, 2.05) is 0 Å². The van der Waals surface area contributed by atoms with Gasteiger partial charge in [-0.15, -0.1) is 0 Å². The number of unbranched alkanes of at least 4 members (excludes halogenated alkanes) is 4. The third-order valence-corrected chi connectivity index (χ3v) is 3.35. The Hall–Kier alpha value is -0.530. The number of carboxylic acid groups (broad SMARTS) is 1. The predicted octanol–water partition coefficient (Wildman–Crippen LogP) is 4.63. The molecule has 0 aromatic rings. The van der Waals surface area contributed by atoms with Crippen molar-refractivity contribution in [3.63, 3.8) is 0 Å². The Balaban J connectivity index is 4.02. The van der Waals surface area contributed by atoms with Crippen LogP contribution in [0.4, 0.5) is 0 Å². The maximum Gasteiger partial charge on any atom is 0.303 e. The molecule has 0 spiro atoms. The summed E-state index contributed by atoms with van der Waals surface area (Å²) in [5, 5.41) is 8.95. The van der Waals surface area contributed by atoms with Crippen LogP contribution in [0.1, 0.15) is 78.6 Å². The predicted molar refractivity (Wildman–Crippen MR) is 68.6 cm³/mol. The molecule has 96 valence electrons. The van der Waals surface area contributed by atoms with Gasteiger partial charge in [0.05, 0.1) is 6.42 Å². The van der Waals surface area contributed by atoms with Crippen molar-refractivity contribution in [3.8, 4) is 0 Å². The van der Waals surface area contributed by atoms with Crippen LogP contribution in [0, 0.1) is 5.41 Å². The first-order valence-electron chi connectivity index (χ1n) is 6.76. The van der Waals surface area contributed by atoms with Gasteiger partial charge in [-0.25, -0.2) is 0 Å². The maximum absolute atomic E-state index is 10.9. The fraction of sp³-hybridized carbons (Fsp3) is 0.929. The summed E-state index contributed by atoms with van der Waals surface area (Å²) >= 11 is 0. The molecule has 2 nitrogen and oxygen atoms in total. The Labute approximate surface area is 100 Å². The SMILES string of the molecule is CCCCCCC(C)(CCCC)CC(=O)O. The third-order valence-electron chi connectivity index (χ3n) is 3.35. The molecule has 16 heavy (non-hydrogen) atoms. The normalized spacial score (nSPS) is 14.7.